The van der Waals surface area contributed by atoms with Crippen molar-refractivity contribution in [3.8, 4) is 0 Å². The maximum Gasteiger partial charge on any atom is 0.243 e. The maximum absolute atomic E-state index is 10.3. The van der Waals surface area contributed by atoms with E-state index in [1.807, 2.05) is 0 Å². The lowest BCUT2D eigenvalue weighted by Crippen LogP contribution is -1.92. The maximum atomic E-state index is 10.3. The molecule has 0 aliphatic carbocycles. The number of nitrogens with zero attached hydrogens (tertiary/aromatic N) is 1. The zero-order chi connectivity index (χ0) is 9.84. The molecule has 13 heavy (non-hydrogen) atoms. The molecule has 0 fully saturated rings. The van der Waals surface area contributed by atoms with E-state index in [0.29, 0.717) is 10.6 Å². The van der Waals surface area contributed by atoms with Crippen LogP contribution in [0.25, 0.3) is 6.08 Å². The van der Waals surface area contributed by atoms with Gasteiger partial charge < -0.3 is 0 Å². The molecule has 0 amide bonds. The monoisotopic (exact) mass is 197 g/mol. The Morgan fingerprint density at radius 1 is 1.54 bits per heavy atom. The van der Waals surface area contributed by atoms with Crippen LogP contribution < -0.4 is 0 Å². The molecule has 0 aliphatic rings. The Hall–Kier alpha value is -1.35. The highest BCUT2D eigenvalue weighted by molar-refractivity contribution is 6.32. The molecule has 0 saturated carbocycles. The van der Waals surface area contributed by atoms with Crippen LogP contribution in [0.5, 0.6) is 0 Å². The van der Waals surface area contributed by atoms with Crippen LogP contribution in [0, 0.1) is 10.1 Å². The van der Waals surface area contributed by atoms with Crippen LogP contribution in [0.3, 0.4) is 0 Å². The van der Waals surface area contributed by atoms with Crippen molar-refractivity contribution in [3.63, 3.8) is 0 Å². The molecule has 0 unspecified atom stereocenters. The Bertz CT molecular complexity index is 360. The lowest BCUT2D eigenvalue weighted by Gasteiger charge is -1.95. The Morgan fingerprint density at radius 2 is 2.15 bits per heavy atom. The van der Waals surface area contributed by atoms with Crippen molar-refractivity contribution in [1.29, 1.82) is 0 Å². The standard InChI is InChI=1S/C9H8ClNO2/c1-7(11(12)13)6-8-4-2-3-5-9(8)10/h2-6H,1H3/b7-6+. The van der Waals surface area contributed by atoms with Crippen LogP contribution in [-0.4, -0.2) is 4.92 Å². The van der Waals surface area contributed by atoms with Crippen LogP contribution in [-0.2, 0) is 0 Å². The molecule has 0 N–H and O–H groups in total. The normalized spacial score (nSPS) is 11.4. The Balaban J connectivity index is 3.04. The summed E-state index contributed by atoms with van der Waals surface area (Å²) in [6, 6.07) is 6.99. The van der Waals surface area contributed by atoms with Gasteiger partial charge in [0.25, 0.3) is 0 Å². The number of rotatable bonds is 2. The Morgan fingerprint density at radius 3 is 2.69 bits per heavy atom. The second-order valence-electron chi connectivity index (χ2n) is 2.56. The van der Waals surface area contributed by atoms with Crippen molar-refractivity contribution >= 4 is 17.7 Å². The number of hydrogen-bond acceptors (Lipinski definition) is 2. The number of allylic oxidation sites excluding steroid dienone is 1. The highest BCUT2D eigenvalue weighted by Crippen LogP contribution is 2.17. The van der Waals surface area contributed by atoms with Gasteiger partial charge in [-0.2, -0.15) is 0 Å². The Labute approximate surface area is 80.8 Å². The van der Waals surface area contributed by atoms with Gasteiger partial charge in [0.1, 0.15) is 0 Å². The highest BCUT2D eigenvalue weighted by Gasteiger charge is 2.03. The zero-order valence-electron chi connectivity index (χ0n) is 7.03. The van der Waals surface area contributed by atoms with E-state index in [1.165, 1.54) is 13.0 Å². The van der Waals surface area contributed by atoms with E-state index in [0.717, 1.165) is 0 Å². The van der Waals surface area contributed by atoms with Crippen LogP contribution in [0.4, 0.5) is 0 Å². The zero-order valence-corrected chi connectivity index (χ0v) is 7.78. The van der Waals surface area contributed by atoms with E-state index in [1.54, 1.807) is 24.3 Å². The number of nitro groups is 1. The molecule has 0 bridgehead atoms. The van der Waals surface area contributed by atoms with E-state index >= 15 is 0 Å². The third kappa shape index (κ3) is 2.56. The topological polar surface area (TPSA) is 43.1 Å². The second-order valence-corrected chi connectivity index (χ2v) is 2.97. The molecule has 0 heterocycles. The van der Waals surface area contributed by atoms with E-state index in [9.17, 15) is 10.1 Å². The van der Waals surface area contributed by atoms with E-state index in [-0.39, 0.29) is 5.70 Å². The summed E-state index contributed by atoms with van der Waals surface area (Å²) in [5.74, 6) is 0. The summed E-state index contributed by atoms with van der Waals surface area (Å²) < 4.78 is 0. The fourth-order valence-corrected chi connectivity index (χ4v) is 1.06. The molecular formula is C9H8ClNO2. The van der Waals surface area contributed by atoms with Gasteiger partial charge in [-0.05, 0) is 11.6 Å². The predicted octanol–water partition coefficient (Wildman–Crippen LogP) is 2.98. The molecule has 0 spiro atoms. The van der Waals surface area contributed by atoms with Gasteiger partial charge in [0, 0.05) is 18.0 Å². The molecule has 1 rings (SSSR count). The molecule has 0 radical (unpaired) electrons. The predicted molar refractivity (Wildman–Crippen MR) is 52.1 cm³/mol. The summed E-state index contributed by atoms with van der Waals surface area (Å²) in [5.41, 5.74) is 0.742. The molecular weight excluding hydrogens is 190 g/mol. The molecule has 68 valence electrons. The molecule has 1 aromatic rings. The SMILES string of the molecule is C/C(=C\c1ccccc1Cl)[N+](=O)[O-]. The number of benzene rings is 1. The molecule has 1 aromatic carbocycles. The molecule has 4 heteroatoms. The first-order valence-corrected chi connectivity index (χ1v) is 4.06. The third-order valence-electron chi connectivity index (χ3n) is 1.56. The molecule has 0 aromatic heterocycles. The summed E-state index contributed by atoms with van der Waals surface area (Å²) in [4.78, 5) is 9.87. The van der Waals surface area contributed by atoms with Crippen molar-refractivity contribution in [1.82, 2.24) is 0 Å². The lowest BCUT2D eigenvalue weighted by atomic mass is 10.2. The van der Waals surface area contributed by atoms with Crippen molar-refractivity contribution in [3.05, 3.63) is 50.7 Å². The van der Waals surface area contributed by atoms with Crippen molar-refractivity contribution < 1.29 is 4.92 Å². The molecule has 0 atom stereocenters. The summed E-state index contributed by atoms with van der Waals surface area (Å²) >= 11 is 5.81. The lowest BCUT2D eigenvalue weighted by molar-refractivity contribution is -0.422. The van der Waals surface area contributed by atoms with Crippen LogP contribution in [0.15, 0.2) is 30.0 Å². The smallest absolute Gasteiger partial charge is 0.243 e. The molecule has 0 aliphatic heterocycles. The third-order valence-corrected chi connectivity index (χ3v) is 1.90. The first kappa shape index (κ1) is 9.74. The minimum Gasteiger partial charge on any atom is -0.259 e. The van der Waals surface area contributed by atoms with E-state index in [4.69, 9.17) is 11.6 Å². The van der Waals surface area contributed by atoms with Gasteiger partial charge in [0.15, 0.2) is 0 Å². The van der Waals surface area contributed by atoms with Gasteiger partial charge in [-0.1, -0.05) is 29.8 Å². The quantitative estimate of drug-likeness (QED) is 0.540. The Kier molecular flexibility index (Phi) is 3.03. The fraction of sp³-hybridized carbons (Fsp3) is 0.111. The summed E-state index contributed by atoms with van der Waals surface area (Å²) in [7, 11) is 0. The van der Waals surface area contributed by atoms with Crippen LogP contribution >= 0.6 is 11.6 Å². The van der Waals surface area contributed by atoms with Crippen LogP contribution in [0.2, 0.25) is 5.02 Å². The summed E-state index contributed by atoms with van der Waals surface area (Å²) in [6.07, 6.45) is 1.45. The second kappa shape index (κ2) is 4.05. The number of hydrogen-bond donors (Lipinski definition) is 0. The van der Waals surface area contributed by atoms with Crippen LogP contribution in [0.1, 0.15) is 12.5 Å². The summed E-state index contributed by atoms with van der Waals surface area (Å²) in [5, 5.41) is 10.8. The van der Waals surface area contributed by atoms with Gasteiger partial charge in [-0.3, -0.25) is 10.1 Å². The van der Waals surface area contributed by atoms with Crippen molar-refractivity contribution in [2.45, 2.75) is 6.92 Å². The highest BCUT2D eigenvalue weighted by atomic mass is 35.5. The van der Waals surface area contributed by atoms with Crippen molar-refractivity contribution in [2.24, 2.45) is 0 Å². The number of halogens is 1. The fourth-order valence-electron chi connectivity index (χ4n) is 0.870. The van der Waals surface area contributed by atoms with Gasteiger partial charge in [0.2, 0.25) is 5.70 Å². The van der Waals surface area contributed by atoms with Gasteiger partial charge >= 0.3 is 0 Å². The summed E-state index contributed by atoms with van der Waals surface area (Å²) in [6.45, 7) is 1.43. The van der Waals surface area contributed by atoms with Gasteiger partial charge in [-0.25, -0.2) is 0 Å². The molecule has 0 saturated heterocycles. The minimum absolute atomic E-state index is 0.0769. The van der Waals surface area contributed by atoms with E-state index < -0.39 is 4.92 Å². The van der Waals surface area contributed by atoms with E-state index in [2.05, 4.69) is 0 Å². The average molecular weight is 198 g/mol. The van der Waals surface area contributed by atoms with Gasteiger partial charge in [0.05, 0.1) is 4.92 Å². The average Bonchev–Trinajstić information content (AvgIpc) is 2.08. The first-order valence-electron chi connectivity index (χ1n) is 3.68. The first-order chi connectivity index (χ1) is 6.11. The van der Waals surface area contributed by atoms with Gasteiger partial charge in [-0.15, -0.1) is 0 Å². The minimum atomic E-state index is -0.441. The van der Waals surface area contributed by atoms with Crippen molar-refractivity contribution in [2.75, 3.05) is 0 Å². The largest absolute Gasteiger partial charge is 0.259 e. The molecule has 3 nitrogen and oxygen atoms in total.